The predicted molar refractivity (Wildman–Crippen MR) is 107 cm³/mol. The van der Waals surface area contributed by atoms with Crippen LogP contribution >= 0.6 is 0 Å². The standard InChI is InChI=1S/C23H23N3O/c27-23(26-11-8-16-4-1-2-5-18(16)15-26)21-13-19-14-24-10-7-17(19)12-20(21)22-6-3-9-25-22/h1-6,9,12-13,24-25H,7-8,10-11,14-15H2. The molecule has 1 aromatic heterocycles. The van der Waals surface area contributed by atoms with Crippen molar-refractivity contribution in [3.8, 4) is 11.3 Å². The Hall–Kier alpha value is -2.85. The minimum Gasteiger partial charge on any atom is -0.361 e. The highest BCUT2D eigenvalue weighted by molar-refractivity contribution is 6.01. The SMILES string of the molecule is O=C(c1cc2c(cc1-c1ccc[nH]1)CCNC2)N1CCc2ccccc2C1. The molecule has 0 bridgehead atoms. The van der Waals surface area contributed by atoms with Crippen molar-refractivity contribution < 1.29 is 4.79 Å². The highest BCUT2D eigenvalue weighted by Gasteiger charge is 2.25. The summed E-state index contributed by atoms with van der Waals surface area (Å²) in [4.78, 5) is 18.8. The molecule has 4 heteroatoms. The molecule has 0 radical (unpaired) electrons. The highest BCUT2D eigenvalue weighted by Crippen LogP contribution is 2.30. The van der Waals surface area contributed by atoms with Gasteiger partial charge in [-0.05, 0) is 65.9 Å². The summed E-state index contributed by atoms with van der Waals surface area (Å²) in [5.74, 6) is 0.127. The van der Waals surface area contributed by atoms with E-state index in [1.54, 1.807) is 0 Å². The van der Waals surface area contributed by atoms with E-state index >= 15 is 0 Å². The van der Waals surface area contributed by atoms with Crippen LogP contribution in [0.15, 0.2) is 54.7 Å². The molecule has 4 nitrogen and oxygen atoms in total. The average Bonchev–Trinajstić information content (AvgIpc) is 3.26. The van der Waals surface area contributed by atoms with Crippen molar-refractivity contribution in [1.29, 1.82) is 0 Å². The molecule has 5 rings (SSSR count). The summed E-state index contributed by atoms with van der Waals surface area (Å²) in [6.07, 6.45) is 3.85. The minimum atomic E-state index is 0.127. The van der Waals surface area contributed by atoms with Crippen LogP contribution in [-0.4, -0.2) is 28.9 Å². The van der Waals surface area contributed by atoms with Gasteiger partial charge in [0.2, 0.25) is 0 Å². The molecular formula is C23H23N3O. The maximum Gasteiger partial charge on any atom is 0.254 e. The van der Waals surface area contributed by atoms with E-state index in [1.165, 1.54) is 22.3 Å². The van der Waals surface area contributed by atoms with Crippen LogP contribution in [0.3, 0.4) is 0 Å². The fourth-order valence-electron chi connectivity index (χ4n) is 4.27. The first-order chi connectivity index (χ1) is 13.3. The molecule has 0 atom stereocenters. The van der Waals surface area contributed by atoms with Gasteiger partial charge >= 0.3 is 0 Å². The molecule has 0 fully saturated rings. The number of benzene rings is 2. The predicted octanol–water partition coefficient (Wildman–Crippen LogP) is 3.53. The van der Waals surface area contributed by atoms with Gasteiger partial charge in [0.1, 0.15) is 0 Å². The minimum absolute atomic E-state index is 0.127. The molecule has 3 aromatic rings. The number of H-pyrrole nitrogens is 1. The van der Waals surface area contributed by atoms with Crippen molar-refractivity contribution in [2.45, 2.75) is 25.9 Å². The summed E-state index contributed by atoms with van der Waals surface area (Å²) >= 11 is 0. The van der Waals surface area contributed by atoms with Crippen molar-refractivity contribution in [2.75, 3.05) is 13.1 Å². The van der Waals surface area contributed by atoms with Crippen molar-refractivity contribution in [1.82, 2.24) is 15.2 Å². The Balaban J connectivity index is 1.55. The normalized spacial score (nSPS) is 15.9. The Morgan fingerprint density at radius 1 is 0.926 bits per heavy atom. The summed E-state index contributed by atoms with van der Waals surface area (Å²) in [5, 5.41) is 3.42. The second-order valence-corrected chi connectivity index (χ2v) is 7.42. The number of nitrogens with zero attached hydrogens (tertiary/aromatic N) is 1. The van der Waals surface area contributed by atoms with E-state index in [1.807, 2.05) is 23.2 Å². The van der Waals surface area contributed by atoms with Gasteiger partial charge in [-0.3, -0.25) is 4.79 Å². The van der Waals surface area contributed by atoms with Crippen LogP contribution in [0.5, 0.6) is 0 Å². The van der Waals surface area contributed by atoms with Crippen LogP contribution in [-0.2, 0) is 25.9 Å². The molecule has 0 saturated carbocycles. The van der Waals surface area contributed by atoms with Gasteiger partial charge in [-0.2, -0.15) is 0 Å². The van der Waals surface area contributed by atoms with Gasteiger partial charge in [0.15, 0.2) is 0 Å². The van der Waals surface area contributed by atoms with Gasteiger partial charge in [0.25, 0.3) is 5.91 Å². The van der Waals surface area contributed by atoms with E-state index in [2.05, 4.69) is 46.7 Å². The molecule has 1 amide bonds. The number of aromatic nitrogens is 1. The lowest BCUT2D eigenvalue weighted by molar-refractivity contribution is 0.0735. The number of nitrogens with one attached hydrogen (secondary N) is 2. The molecule has 0 spiro atoms. The van der Waals surface area contributed by atoms with Gasteiger partial charge in [0, 0.05) is 42.7 Å². The highest BCUT2D eigenvalue weighted by atomic mass is 16.2. The molecule has 27 heavy (non-hydrogen) atoms. The van der Waals surface area contributed by atoms with Gasteiger partial charge < -0.3 is 15.2 Å². The van der Waals surface area contributed by atoms with E-state index in [0.29, 0.717) is 6.54 Å². The van der Waals surface area contributed by atoms with Crippen molar-refractivity contribution in [2.24, 2.45) is 0 Å². The molecule has 2 aliphatic heterocycles. The lowest BCUT2D eigenvalue weighted by Crippen LogP contribution is -2.36. The number of carbonyl (C=O) groups is 1. The summed E-state index contributed by atoms with van der Waals surface area (Å²) in [6, 6.07) is 16.8. The van der Waals surface area contributed by atoms with E-state index in [0.717, 1.165) is 49.3 Å². The number of aromatic amines is 1. The lowest BCUT2D eigenvalue weighted by Gasteiger charge is -2.30. The Morgan fingerprint density at radius 2 is 1.81 bits per heavy atom. The fraction of sp³-hybridized carbons (Fsp3) is 0.261. The van der Waals surface area contributed by atoms with E-state index in [9.17, 15) is 4.79 Å². The van der Waals surface area contributed by atoms with Gasteiger partial charge in [-0.15, -0.1) is 0 Å². The van der Waals surface area contributed by atoms with Crippen LogP contribution < -0.4 is 5.32 Å². The van der Waals surface area contributed by atoms with Crippen LogP contribution in [0, 0.1) is 0 Å². The first kappa shape index (κ1) is 16.3. The van der Waals surface area contributed by atoms with Crippen LogP contribution in [0.1, 0.15) is 32.6 Å². The fourth-order valence-corrected chi connectivity index (χ4v) is 4.27. The van der Waals surface area contributed by atoms with Crippen LogP contribution in [0.4, 0.5) is 0 Å². The maximum atomic E-state index is 13.5. The smallest absolute Gasteiger partial charge is 0.254 e. The van der Waals surface area contributed by atoms with Crippen molar-refractivity contribution in [3.63, 3.8) is 0 Å². The summed E-state index contributed by atoms with van der Waals surface area (Å²) in [7, 11) is 0. The molecule has 2 N–H and O–H groups in total. The van der Waals surface area contributed by atoms with E-state index in [4.69, 9.17) is 0 Å². The Morgan fingerprint density at radius 3 is 2.67 bits per heavy atom. The van der Waals surface area contributed by atoms with Gasteiger partial charge in [0.05, 0.1) is 0 Å². The number of carbonyl (C=O) groups excluding carboxylic acids is 1. The topological polar surface area (TPSA) is 48.1 Å². The maximum absolute atomic E-state index is 13.5. The summed E-state index contributed by atoms with van der Waals surface area (Å²) in [5.41, 5.74) is 8.05. The zero-order chi connectivity index (χ0) is 18.2. The third kappa shape index (κ3) is 2.96. The first-order valence-corrected chi connectivity index (χ1v) is 9.66. The van der Waals surface area contributed by atoms with E-state index in [-0.39, 0.29) is 5.91 Å². The van der Waals surface area contributed by atoms with E-state index < -0.39 is 0 Å². The second-order valence-electron chi connectivity index (χ2n) is 7.42. The molecule has 3 heterocycles. The van der Waals surface area contributed by atoms with Crippen LogP contribution in [0.2, 0.25) is 0 Å². The largest absolute Gasteiger partial charge is 0.361 e. The molecule has 2 aliphatic rings. The summed E-state index contributed by atoms with van der Waals surface area (Å²) < 4.78 is 0. The third-order valence-electron chi connectivity index (χ3n) is 5.76. The molecule has 136 valence electrons. The Labute approximate surface area is 159 Å². The number of hydrogen-bond acceptors (Lipinski definition) is 2. The number of hydrogen-bond donors (Lipinski definition) is 2. The van der Waals surface area contributed by atoms with Crippen molar-refractivity contribution >= 4 is 5.91 Å². The van der Waals surface area contributed by atoms with Crippen molar-refractivity contribution in [3.05, 3.63) is 82.5 Å². The summed E-state index contributed by atoms with van der Waals surface area (Å²) in [6.45, 7) is 3.29. The second kappa shape index (κ2) is 6.71. The number of amides is 1. The molecular weight excluding hydrogens is 334 g/mol. The quantitative estimate of drug-likeness (QED) is 0.737. The molecule has 2 aromatic carbocycles. The lowest BCUT2D eigenvalue weighted by atomic mass is 9.91. The molecule has 0 aliphatic carbocycles. The zero-order valence-electron chi connectivity index (χ0n) is 15.3. The monoisotopic (exact) mass is 357 g/mol. The zero-order valence-corrected chi connectivity index (χ0v) is 15.3. The van der Waals surface area contributed by atoms with Gasteiger partial charge in [-0.1, -0.05) is 24.3 Å². The Kier molecular flexibility index (Phi) is 4.06. The number of fused-ring (bicyclic) bond motifs is 2. The van der Waals surface area contributed by atoms with Gasteiger partial charge in [-0.25, -0.2) is 0 Å². The number of rotatable bonds is 2. The molecule has 0 unspecified atom stereocenters. The Bertz CT molecular complexity index is 991. The first-order valence-electron chi connectivity index (χ1n) is 9.66. The average molecular weight is 357 g/mol. The molecule has 0 saturated heterocycles. The van der Waals surface area contributed by atoms with Crippen LogP contribution in [0.25, 0.3) is 11.3 Å². The third-order valence-corrected chi connectivity index (χ3v) is 5.76.